The molecule has 0 radical (unpaired) electrons. The molecule has 0 spiro atoms. The molecule has 16 heavy (non-hydrogen) atoms. The number of rotatable bonds is 2. The van der Waals surface area contributed by atoms with E-state index in [9.17, 15) is 0 Å². The fourth-order valence-electron chi connectivity index (χ4n) is 1.64. The molecule has 0 saturated carbocycles. The van der Waals surface area contributed by atoms with E-state index in [4.69, 9.17) is 17.3 Å². The van der Waals surface area contributed by atoms with Gasteiger partial charge in [-0.25, -0.2) is 4.68 Å². The third-order valence-corrected chi connectivity index (χ3v) is 2.57. The highest BCUT2D eigenvalue weighted by atomic mass is 35.5. The number of nitrogens with two attached hydrogens (primary N) is 1. The van der Waals surface area contributed by atoms with E-state index in [1.807, 2.05) is 24.3 Å². The van der Waals surface area contributed by atoms with Crippen molar-refractivity contribution in [1.29, 1.82) is 0 Å². The number of aromatic nitrogens is 3. The molecule has 0 atom stereocenters. The largest absolute Gasteiger partial charge is 0.381 e. The van der Waals surface area contributed by atoms with Crippen molar-refractivity contribution in [2.24, 2.45) is 0 Å². The predicted molar refractivity (Wildman–Crippen MR) is 64.9 cm³/mol. The van der Waals surface area contributed by atoms with Crippen molar-refractivity contribution in [3.8, 4) is 5.69 Å². The highest BCUT2D eigenvalue weighted by molar-refractivity contribution is 6.30. The van der Waals surface area contributed by atoms with Gasteiger partial charge in [-0.1, -0.05) is 36.7 Å². The van der Waals surface area contributed by atoms with Crippen LogP contribution < -0.4 is 5.73 Å². The van der Waals surface area contributed by atoms with Crippen molar-refractivity contribution < 1.29 is 0 Å². The Hall–Kier alpha value is -1.55. The lowest BCUT2D eigenvalue weighted by atomic mass is 10.1. The molecule has 0 aliphatic rings. The first-order valence-electron chi connectivity index (χ1n) is 5.06. The molecule has 1 aromatic carbocycles. The minimum atomic E-state index is 0.258. The van der Waals surface area contributed by atoms with Gasteiger partial charge in [0.1, 0.15) is 0 Å². The lowest BCUT2D eigenvalue weighted by Gasteiger charge is -2.09. The molecule has 0 saturated heterocycles. The van der Waals surface area contributed by atoms with Crippen molar-refractivity contribution in [3.05, 3.63) is 35.0 Å². The number of nitrogens with zero attached hydrogens (tertiary/aromatic N) is 3. The molecule has 4 nitrogen and oxygen atoms in total. The number of benzene rings is 1. The van der Waals surface area contributed by atoms with Crippen LogP contribution in [-0.2, 0) is 0 Å². The summed E-state index contributed by atoms with van der Waals surface area (Å²) in [6.45, 7) is 4.10. The van der Waals surface area contributed by atoms with Crippen molar-refractivity contribution in [3.63, 3.8) is 0 Å². The van der Waals surface area contributed by atoms with E-state index in [-0.39, 0.29) is 5.92 Å². The molecule has 0 bridgehead atoms. The molecule has 1 heterocycles. The standard InChI is InChI=1S/C11H13ClN4/c1-7(2)10-11(13)14-15-16(10)9-5-3-4-8(12)6-9/h3-7H,13H2,1-2H3. The Morgan fingerprint density at radius 2 is 2.12 bits per heavy atom. The van der Waals surface area contributed by atoms with Gasteiger partial charge in [0.25, 0.3) is 0 Å². The Morgan fingerprint density at radius 3 is 2.75 bits per heavy atom. The Bertz CT molecular complexity index is 504. The van der Waals surface area contributed by atoms with E-state index in [0.717, 1.165) is 11.4 Å². The number of anilines is 1. The van der Waals surface area contributed by atoms with Crippen LogP contribution in [0.3, 0.4) is 0 Å². The van der Waals surface area contributed by atoms with Gasteiger partial charge in [-0.2, -0.15) is 0 Å². The first-order chi connectivity index (χ1) is 7.59. The zero-order valence-corrected chi connectivity index (χ0v) is 9.94. The van der Waals surface area contributed by atoms with E-state index in [1.165, 1.54) is 0 Å². The van der Waals surface area contributed by atoms with Crippen LogP contribution in [0.2, 0.25) is 5.02 Å². The normalized spacial score (nSPS) is 11.0. The lowest BCUT2D eigenvalue weighted by molar-refractivity contribution is 0.716. The maximum Gasteiger partial charge on any atom is 0.169 e. The van der Waals surface area contributed by atoms with Gasteiger partial charge < -0.3 is 5.73 Å². The first-order valence-corrected chi connectivity index (χ1v) is 5.44. The molecule has 0 aliphatic heterocycles. The minimum absolute atomic E-state index is 0.258. The third kappa shape index (κ3) is 1.88. The van der Waals surface area contributed by atoms with Gasteiger partial charge in [-0.3, -0.25) is 0 Å². The molecule has 0 unspecified atom stereocenters. The zero-order chi connectivity index (χ0) is 11.7. The van der Waals surface area contributed by atoms with Crippen LogP contribution in [0.15, 0.2) is 24.3 Å². The Morgan fingerprint density at radius 1 is 1.38 bits per heavy atom. The molecular weight excluding hydrogens is 224 g/mol. The first kappa shape index (κ1) is 11.0. The average Bonchev–Trinajstić information content (AvgIpc) is 2.60. The summed E-state index contributed by atoms with van der Waals surface area (Å²) in [6, 6.07) is 7.45. The lowest BCUT2D eigenvalue weighted by Crippen LogP contribution is -2.05. The summed E-state index contributed by atoms with van der Waals surface area (Å²) in [5.74, 6) is 0.726. The zero-order valence-electron chi connectivity index (χ0n) is 9.18. The summed E-state index contributed by atoms with van der Waals surface area (Å²) < 4.78 is 1.73. The summed E-state index contributed by atoms with van der Waals surface area (Å²) >= 11 is 5.94. The van der Waals surface area contributed by atoms with E-state index < -0.39 is 0 Å². The number of nitrogen functional groups attached to an aromatic ring is 1. The van der Waals surface area contributed by atoms with E-state index in [1.54, 1.807) is 4.68 Å². The fraction of sp³-hybridized carbons (Fsp3) is 0.273. The van der Waals surface area contributed by atoms with Gasteiger partial charge in [-0.05, 0) is 24.1 Å². The SMILES string of the molecule is CC(C)c1c(N)nnn1-c1cccc(Cl)c1. The van der Waals surface area contributed by atoms with Crippen LogP contribution in [0.25, 0.3) is 5.69 Å². The minimum Gasteiger partial charge on any atom is -0.381 e. The quantitative estimate of drug-likeness (QED) is 0.872. The number of hydrogen-bond donors (Lipinski definition) is 1. The van der Waals surface area contributed by atoms with Crippen LogP contribution in [0.5, 0.6) is 0 Å². The molecule has 0 amide bonds. The Labute approximate surface area is 99.0 Å². The number of halogens is 1. The Kier molecular flexibility index (Phi) is 2.83. The van der Waals surface area contributed by atoms with Crippen molar-refractivity contribution in [1.82, 2.24) is 15.0 Å². The highest BCUT2D eigenvalue weighted by Gasteiger charge is 2.14. The second-order valence-electron chi connectivity index (χ2n) is 3.91. The van der Waals surface area contributed by atoms with Gasteiger partial charge in [-0.15, -0.1) is 5.10 Å². The molecule has 1 aromatic heterocycles. The summed E-state index contributed by atoms with van der Waals surface area (Å²) in [4.78, 5) is 0. The van der Waals surface area contributed by atoms with E-state index in [2.05, 4.69) is 24.2 Å². The summed E-state index contributed by atoms with van der Waals surface area (Å²) in [5, 5.41) is 8.59. The van der Waals surface area contributed by atoms with E-state index in [0.29, 0.717) is 10.8 Å². The summed E-state index contributed by atoms with van der Waals surface area (Å²) in [5.41, 5.74) is 7.57. The van der Waals surface area contributed by atoms with Crippen molar-refractivity contribution in [2.75, 3.05) is 5.73 Å². The molecule has 2 N–H and O–H groups in total. The molecule has 2 rings (SSSR count). The molecule has 0 fully saturated rings. The van der Waals surface area contributed by atoms with Gasteiger partial charge in [0.2, 0.25) is 0 Å². The summed E-state index contributed by atoms with van der Waals surface area (Å²) in [6.07, 6.45) is 0. The highest BCUT2D eigenvalue weighted by Crippen LogP contribution is 2.23. The second-order valence-corrected chi connectivity index (χ2v) is 4.34. The molecule has 2 aromatic rings. The van der Waals surface area contributed by atoms with Crippen molar-refractivity contribution >= 4 is 17.4 Å². The molecule has 5 heteroatoms. The van der Waals surface area contributed by atoms with Crippen LogP contribution in [0.1, 0.15) is 25.5 Å². The maximum absolute atomic E-state index is 5.94. The fourth-order valence-corrected chi connectivity index (χ4v) is 1.82. The van der Waals surface area contributed by atoms with Gasteiger partial charge in [0.15, 0.2) is 5.82 Å². The smallest absolute Gasteiger partial charge is 0.169 e. The van der Waals surface area contributed by atoms with Gasteiger partial charge in [0.05, 0.1) is 11.4 Å². The van der Waals surface area contributed by atoms with Gasteiger partial charge >= 0.3 is 0 Å². The van der Waals surface area contributed by atoms with Crippen molar-refractivity contribution in [2.45, 2.75) is 19.8 Å². The Balaban J connectivity index is 2.56. The topological polar surface area (TPSA) is 56.7 Å². The van der Waals surface area contributed by atoms with Crippen LogP contribution in [0, 0.1) is 0 Å². The van der Waals surface area contributed by atoms with E-state index >= 15 is 0 Å². The maximum atomic E-state index is 5.94. The molecule has 84 valence electrons. The van der Waals surface area contributed by atoms with Crippen LogP contribution in [-0.4, -0.2) is 15.0 Å². The monoisotopic (exact) mass is 236 g/mol. The average molecular weight is 237 g/mol. The third-order valence-electron chi connectivity index (χ3n) is 2.33. The van der Waals surface area contributed by atoms with Crippen LogP contribution in [0.4, 0.5) is 5.82 Å². The summed E-state index contributed by atoms with van der Waals surface area (Å²) in [7, 11) is 0. The molecule has 0 aliphatic carbocycles. The predicted octanol–water partition coefficient (Wildman–Crippen LogP) is 2.63. The second kappa shape index (κ2) is 4.14. The van der Waals surface area contributed by atoms with Gasteiger partial charge in [0, 0.05) is 5.02 Å². The van der Waals surface area contributed by atoms with Crippen LogP contribution >= 0.6 is 11.6 Å². The molecular formula is C11H13ClN4. The number of hydrogen-bond acceptors (Lipinski definition) is 3.